The molecule has 1 aliphatic heterocycles. The number of alkyl carbamates (subject to hydrolysis) is 1. The van der Waals surface area contributed by atoms with Crippen LogP contribution in [-0.4, -0.2) is 53.2 Å². The first-order valence-corrected chi connectivity index (χ1v) is 12.2. The third-order valence-corrected chi connectivity index (χ3v) is 6.12. The number of halogens is 3. The van der Waals surface area contributed by atoms with Gasteiger partial charge in [-0.05, 0) is 41.7 Å². The average molecular weight is 531 g/mol. The molecule has 0 bridgehead atoms. The summed E-state index contributed by atoms with van der Waals surface area (Å²) in [6.45, 7) is 12.0. The molecule has 0 saturated carbocycles. The van der Waals surface area contributed by atoms with Crippen molar-refractivity contribution >= 4 is 23.4 Å². The molecule has 0 spiro atoms. The van der Waals surface area contributed by atoms with Crippen molar-refractivity contribution in [1.82, 2.24) is 10.2 Å². The Balaban J connectivity index is 2.03. The van der Waals surface area contributed by atoms with Crippen molar-refractivity contribution in [3.8, 4) is 0 Å². The predicted molar refractivity (Wildman–Crippen MR) is 133 cm³/mol. The fraction of sp³-hybridized carbons (Fsp3) is 0.680. The van der Waals surface area contributed by atoms with Crippen molar-refractivity contribution in [3.63, 3.8) is 0 Å². The number of nitrogens with one attached hydrogen (secondary N) is 2. The summed E-state index contributed by atoms with van der Waals surface area (Å²) in [5.74, 6) is -1.91. The van der Waals surface area contributed by atoms with Crippen LogP contribution in [0.4, 0.5) is 29.3 Å². The molecular weight excluding hydrogens is 493 g/mol. The lowest BCUT2D eigenvalue weighted by Gasteiger charge is -2.34. The van der Waals surface area contributed by atoms with Gasteiger partial charge >= 0.3 is 18.2 Å². The molecule has 12 heteroatoms. The van der Waals surface area contributed by atoms with E-state index in [0.717, 1.165) is 4.90 Å². The molecule has 1 unspecified atom stereocenters. The molecule has 2 amide bonds. The zero-order valence-electron chi connectivity index (χ0n) is 22.2. The van der Waals surface area contributed by atoms with E-state index in [2.05, 4.69) is 31.4 Å². The van der Waals surface area contributed by atoms with Gasteiger partial charge in [-0.1, -0.05) is 47.6 Å². The van der Waals surface area contributed by atoms with E-state index in [1.807, 2.05) is 20.8 Å². The minimum atomic E-state index is -4.97. The summed E-state index contributed by atoms with van der Waals surface area (Å²) in [7, 11) is 0. The maximum Gasteiger partial charge on any atom is 0.471 e. The van der Waals surface area contributed by atoms with E-state index in [9.17, 15) is 32.9 Å². The SMILES string of the molecule is CC(C)(C)C[C@H](OC(=O)NCc1ccc(NCC2CCCN2C(=O)C(F)(F)F)c([N+](=O)[O-])c1)C(C)(C)C. The summed E-state index contributed by atoms with van der Waals surface area (Å²) in [6.07, 6.45) is -4.51. The average Bonchev–Trinajstić information content (AvgIpc) is 3.21. The standard InChI is InChI=1S/C25H37F3N4O5/c1-23(2,3)13-20(24(4,5)6)37-22(34)30-14-16-9-10-18(19(12-16)32(35)36)29-15-17-8-7-11-31(17)21(33)25(26,27)28/h9-10,12,17,20,29H,7-8,11,13-15H2,1-6H3,(H,30,34)/t17?,20-/m0/s1. The minimum Gasteiger partial charge on any atom is -0.446 e. The Bertz CT molecular complexity index is 986. The Morgan fingerprint density at radius 1 is 1.19 bits per heavy atom. The largest absolute Gasteiger partial charge is 0.471 e. The number of amides is 2. The Kier molecular flexibility index (Phi) is 9.42. The van der Waals surface area contributed by atoms with E-state index in [-0.39, 0.29) is 47.9 Å². The molecule has 0 aliphatic carbocycles. The number of nitro benzene ring substituents is 1. The first kappa shape index (κ1) is 30.2. The number of likely N-dealkylation sites (tertiary alicyclic amines) is 1. The molecule has 2 atom stereocenters. The topological polar surface area (TPSA) is 114 Å². The summed E-state index contributed by atoms with van der Waals surface area (Å²) in [4.78, 5) is 35.9. The number of alkyl halides is 3. The second-order valence-electron chi connectivity index (χ2n) is 11.7. The van der Waals surface area contributed by atoms with Gasteiger partial charge in [0.2, 0.25) is 0 Å². The van der Waals surface area contributed by atoms with Crippen LogP contribution < -0.4 is 10.6 Å². The molecule has 1 fully saturated rings. The Morgan fingerprint density at radius 3 is 2.38 bits per heavy atom. The van der Waals surface area contributed by atoms with Crippen LogP contribution in [0.15, 0.2) is 18.2 Å². The van der Waals surface area contributed by atoms with Gasteiger partial charge < -0.3 is 20.3 Å². The number of benzene rings is 1. The Hall–Kier alpha value is -3.05. The number of nitrogens with zero attached hydrogens (tertiary/aromatic N) is 2. The van der Waals surface area contributed by atoms with Gasteiger partial charge in [0.1, 0.15) is 11.8 Å². The van der Waals surface area contributed by atoms with Gasteiger partial charge in [-0.15, -0.1) is 0 Å². The van der Waals surface area contributed by atoms with Gasteiger partial charge in [0.05, 0.1) is 4.92 Å². The first-order chi connectivity index (χ1) is 16.9. The number of nitro groups is 1. The quantitative estimate of drug-likeness (QED) is 0.332. The molecule has 37 heavy (non-hydrogen) atoms. The maximum absolute atomic E-state index is 12.8. The molecule has 2 rings (SSSR count). The van der Waals surface area contributed by atoms with Crippen LogP contribution in [0.3, 0.4) is 0 Å². The first-order valence-electron chi connectivity index (χ1n) is 12.2. The molecule has 1 aromatic rings. The lowest BCUT2D eigenvalue weighted by Crippen LogP contribution is -2.46. The van der Waals surface area contributed by atoms with Gasteiger partial charge in [-0.25, -0.2) is 4.79 Å². The van der Waals surface area contributed by atoms with Crippen LogP contribution in [0, 0.1) is 20.9 Å². The smallest absolute Gasteiger partial charge is 0.446 e. The van der Waals surface area contributed by atoms with Crippen LogP contribution in [0.5, 0.6) is 0 Å². The van der Waals surface area contributed by atoms with Crippen LogP contribution in [0.25, 0.3) is 0 Å². The van der Waals surface area contributed by atoms with Crippen molar-refractivity contribution < 1.29 is 32.4 Å². The van der Waals surface area contributed by atoms with Gasteiger partial charge in [-0.2, -0.15) is 13.2 Å². The predicted octanol–water partition coefficient (Wildman–Crippen LogP) is 5.64. The summed E-state index contributed by atoms with van der Waals surface area (Å²) >= 11 is 0. The van der Waals surface area contributed by atoms with Crippen LogP contribution in [-0.2, 0) is 16.1 Å². The van der Waals surface area contributed by atoms with Crippen LogP contribution in [0.2, 0.25) is 0 Å². The number of ether oxygens (including phenoxy) is 1. The molecule has 0 radical (unpaired) electrons. The lowest BCUT2D eigenvalue weighted by molar-refractivity contribution is -0.384. The van der Waals surface area contributed by atoms with Gasteiger partial charge in [0.15, 0.2) is 0 Å². The third-order valence-electron chi connectivity index (χ3n) is 6.12. The molecule has 1 saturated heterocycles. The minimum absolute atomic E-state index is 0.0111. The number of carbonyl (C=O) groups is 2. The summed E-state index contributed by atoms with van der Waals surface area (Å²) < 4.78 is 44.2. The Labute approximate surface area is 215 Å². The van der Waals surface area contributed by atoms with E-state index in [1.165, 1.54) is 12.1 Å². The molecule has 2 N–H and O–H groups in total. The van der Waals surface area contributed by atoms with Crippen molar-refractivity contribution in [1.29, 1.82) is 0 Å². The summed E-state index contributed by atoms with van der Waals surface area (Å²) in [5.41, 5.74) is -0.0690. The highest BCUT2D eigenvalue weighted by atomic mass is 19.4. The van der Waals surface area contributed by atoms with E-state index in [4.69, 9.17) is 4.74 Å². The zero-order valence-corrected chi connectivity index (χ0v) is 22.2. The Morgan fingerprint density at radius 2 is 1.84 bits per heavy atom. The van der Waals surface area contributed by atoms with Crippen LogP contribution in [0.1, 0.15) is 66.4 Å². The second-order valence-corrected chi connectivity index (χ2v) is 11.7. The molecule has 1 aromatic carbocycles. The van der Waals surface area contributed by atoms with Gasteiger partial charge in [-0.3, -0.25) is 14.9 Å². The highest BCUT2D eigenvalue weighted by molar-refractivity contribution is 5.82. The lowest BCUT2D eigenvalue weighted by atomic mass is 9.78. The molecule has 1 heterocycles. The van der Waals surface area contributed by atoms with E-state index in [1.54, 1.807) is 6.07 Å². The second kappa shape index (κ2) is 11.6. The van der Waals surface area contributed by atoms with Crippen molar-refractivity contribution in [2.45, 2.75) is 85.7 Å². The summed E-state index contributed by atoms with van der Waals surface area (Å²) in [6, 6.07) is 3.56. The molecular formula is C25H37F3N4O5. The number of rotatable bonds is 8. The third kappa shape index (κ3) is 9.08. The molecule has 1 aliphatic rings. The fourth-order valence-corrected chi connectivity index (χ4v) is 4.12. The van der Waals surface area contributed by atoms with Crippen molar-refractivity contribution in [2.75, 3.05) is 18.4 Å². The van der Waals surface area contributed by atoms with Crippen molar-refractivity contribution in [3.05, 3.63) is 33.9 Å². The number of anilines is 1. The maximum atomic E-state index is 12.8. The fourth-order valence-electron chi connectivity index (χ4n) is 4.12. The van der Waals surface area contributed by atoms with E-state index < -0.39 is 29.1 Å². The highest BCUT2D eigenvalue weighted by Crippen LogP contribution is 2.33. The number of carbonyl (C=O) groups excluding carboxylic acids is 2. The summed E-state index contributed by atoms with van der Waals surface area (Å²) in [5, 5.41) is 17.1. The van der Waals surface area contributed by atoms with Gasteiger partial charge in [0, 0.05) is 31.7 Å². The highest BCUT2D eigenvalue weighted by Gasteiger charge is 2.46. The number of hydrogen-bond donors (Lipinski definition) is 2. The molecule has 0 aromatic heterocycles. The monoisotopic (exact) mass is 530 g/mol. The zero-order chi connectivity index (χ0) is 28.2. The molecule has 9 nitrogen and oxygen atoms in total. The van der Waals surface area contributed by atoms with Crippen molar-refractivity contribution in [2.24, 2.45) is 10.8 Å². The van der Waals surface area contributed by atoms with Gasteiger partial charge in [0.25, 0.3) is 5.69 Å². The van der Waals surface area contributed by atoms with Crippen LogP contribution >= 0.6 is 0 Å². The normalized spacial score (nSPS) is 17.3. The molecule has 208 valence electrons. The van der Waals surface area contributed by atoms with E-state index >= 15 is 0 Å². The number of hydrogen-bond acceptors (Lipinski definition) is 6. The van der Waals surface area contributed by atoms with E-state index in [0.29, 0.717) is 24.8 Å².